The van der Waals surface area contributed by atoms with Crippen molar-refractivity contribution in [1.82, 2.24) is 19.2 Å². The Labute approximate surface area is 159 Å². The lowest BCUT2D eigenvalue weighted by atomic mass is 10.3. The summed E-state index contributed by atoms with van der Waals surface area (Å²) < 4.78 is 38.7. The molecule has 0 atom stereocenters. The van der Waals surface area contributed by atoms with E-state index >= 15 is 0 Å². The largest absolute Gasteiger partial charge is 0.497 e. The summed E-state index contributed by atoms with van der Waals surface area (Å²) in [6.45, 7) is 0.858. The lowest BCUT2D eigenvalue weighted by Crippen LogP contribution is -2.38. The molecule has 0 spiro atoms. The standard InChI is InChI=1S/C17H24N4O5S/c1-20(12-17(22)19-7-4-9-21-10-8-18-13-21)27(23,24)16-11-14(25-2)5-6-15(16)26-3/h5-6,8,10-11,13H,4,7,9,12H2,1-3H3,(H,19,22). The average Bonchev–Trinajstić information content (AvgIpc) is 3.18. The van der Waals surface area contributed by atoms with Crippen LogP contribution in [0.2, 0.25) is 0 Å². The molecule has 27 heavy (non-hydrogen) atoms. The lowest BCUT2D eigenvalue weighted by molar-refractivity contribution is -0.121. The van der Waals surface area contributed by atoms with Crippen LogP contribution in [0.3, 0.4) is 0 Å². The van der Waals surface area contributed by atoms with E-state index in [-0.39, 0.29) is 23.1 Å². The van der Waals surface area contributed by atoms with Gasteiger partial charge in [0.15, 0.2) is 0 Å². The fourth-order valence-corrected chi connectivity index (χ4v) is 3.70. The number of carbonyl (C=O) groups excluding carboxylic acids is 1. The second-order valence-electron chi connectivity index (χ2n) is 5.78. The van der Waals surface area contributed by atoms with E-state index in [1.54, 1.807) is 18.6 Å². The zero-order valence-electron chi connectivity index (χ0n) is 15.6. The van der Waals surface area contributed by atoms with Gasteiger partial charge in [-0.25, -0.2) is 13.4 Å². The summed E-state index contributed by atoms with van der Waals surface area (Å²) in [5.74, 6) is 0.184. The molecule has 2 rings (SSSR count). The third kappa shape index (κ3) is 5.44. The molecule has 0 aliphatic heterocycles. The number of amides is 1. The van der Waals surface area contributed by atoms with E-state index < -0.39 is 10.0 Å². The minimum atomic E-state index is -3.92. The number of aromatic nitrogens is 2. The highest BCUT2D eigenvalue weighted by Gasteiger charge is 2.27. The highest BCUT2D eigenvalue weighted by molar-refractivity contribution is 7.89. The van der Waals surface area contributed by atoms with Crippen LogP contribution in [0.1, 0.15) is 6.42 Å². The number of nitrogens with zero attached hydrogens (tertiary/aromatic N) is 3. The molecule has 0 fully saturated rings. The molecule has 1 heterocycles. The number of benzene rings is 1. The zero-order valence-corrected chi connectivity index (χ0v) is 16.4. The quantitative estimate of drug-likeness (QED) is 0.594. The summed E-state index contributed by atoms with van der Waals surface area (Å²) in [5, 5.41) is 2.72. The molecular formula is C17H24N4O5S. The Hall–Kier alpha value is -2.59. The van der Waals surface area contributed by atoms with Crippen LogP contribution in [0.25, 0.3) is 0 Å². The Morgan fingerprint density at radius 1 is 1.30 bits per heavy atom. The van der Waals surface area contributed by atoms with Crippen LogP contribution in [-0.2, 0) is 21.4 Å². The Bertz CT molecular complexity index is 852. The SMILES string of the molecule is COc1ccc(OC)c(S(=O)(=O)N(C)CC(=O)NCCCn2ccnc2)c1. The molecule has 0 saturated heterocycles. The van der Waals surface area contributed by atoms with Gasteiger partial charge in [-0.3, -0.25) is 4.79 Å². The molecule has 9 nitrogen and oxygen atoms in total. The summed E-state index contributed by atoms with van der Waals surface area (Å²) >= 11 is 0. The summed E-state index contributed by atoms with van der Waals surface area (Å²) in [6.07, 6.45) is 5.93. The average molecular weight is 396 g/mol. The minimum Gasteiger partial charge on any atom is -0.497 e. The highest BCUT2D eigenvalue weighted by Crippen LogP contribution is 2.29. The van der Waals surface area contributed by atoms with Crippen molar-refractivity contribution >= 4 is 15.9 Å². The smallest absolute Gasteiger partial charge is 0.247 e. The van der Waals surface area contributed by atoms with Crippen molar-refractivity contribution in [2.45, 2.75) is 17.9 Å². The number of carbonyl (C=O) groups is 1. The number of ether oxygens (including phenoxy) is 2. The molecule has 0 unspecified atom stereocenters. The zero-order chi connectivity index (χ0) is 19.9. The third-order valence-corrected chi connectivity index (χ3v) is 5.72. The maximum absolute atomic E-state index is 12.8. The molecule has 0 aliphatic carbocycles. The molecule has 0 aliphatic rings. The summed E-state index contributed by atoms with van der Waals surface area (Å²) in [7, 11) is 0.253. The van der Waals surface area contributed by atoms with Crippen LogP contribution in [0.15, 0.2) is 41.8 Å². The Morgan fingerprint density at radius 2 is 2.07 bits per heavy atom. The highest BCUT2D eigenvalue weighted by atomic mass is 32.2. The van der Waals surface area contributed by atoms with Gasteiger partial charge >= 0.3 is 0 Å². The number of hydrogen-bond donors (Lipinski definition) is 1. The monoisotopic (exact) mass is 396 g/mol. The van der Waals surface area contributed by atoms with Gasteiger partial charge in [0.1, 0.15) is 16.4 Å². The van der Waals surface area contributed by atoms with Crippen LogP contribution in [0, 0.1) is 0 Å². The van der Waals surface area contributed by atoms with E-state index in [4.69, 9.17) is 9.47 Å². The maximum Gasteiger partial charge on any atom is 0.247 e. The van der Waals surface area contributed by atoms with Crippen molar-refractivity contribution in [1.29, 1.82) is 0 Å². The van der Waals surface area contributed by atoms with Gasteiger partial charge < -0.3 is 19.4 Å². The van der Waals surface area contributed by atoms with Crippen LogP contribution in [0.5, 0.6) is 11.5 Å². The molecule has 1 aromatic heterocycles. The van der Waals surface area contributed by atoms with Crippen LogP contribution < -0.4 is 14.8 Å². The van der Waals surface area contributed by atoms with Gasteiger partial charge in [-0.1, -0.05) is 0 Å². The molecule has 0 bridgehead atoms. The molecular weight excluding hydrogens is 372 g/mol. The van der Waals surface area contributed by atoms with Gasteiger partial charge in [-0.05, 0) is 18.6 Å². The van der Waals surface area contributed by atoms with Gasteiger partial charge in [-0.2, -0.15) is 4.31 Å². The number of likely N-dealkylation sites (N-methyl/N-ethyl adjacent to an activating group) is 1. The van der Waals surface area contributed by atoms with Gasteiger partial charge in [0.2, 0.25) is 15.9 Å². The van der Waals surface area contributed by atoms with E-state index in [1.807, 2.05) is 10.8 Å². The van der Waals surface area contributed by atoms with Gasteiger partial charge in [0.05, 0.1) is 27.1 Å². The number of methoxy groups -OCH3 is 2. The predicted octanol–water partition coefficient (Wildman–Crippen LogP) is 0.727. The van der Waals surface area contributed by atoms with E-state index in [1.165, 1.54) is 33.4 Å². The van der Waals surface area contributed by atoms with E-state index in [2.05, 4.69) is 10.3 Å². The normalized spacial score (nSPS) is 11.4. The van der Waals surface area contributed by atoms with E-state index in [0.717, 1.165) is 10.8 Å². The molecule has 0 radical (unpaired) electrons. The number of sulfonamides is 1. The van der Waals surface area contributed by atoms with Crippen LogP contribution >= 0.6 is 0 Å². The van der Waals surface area contributed by atoms with Crippen molar-refractivity contribution in [2.75, 3.05) is 34.4 Å². The number of rotatable bonds is 10. The van der Waals surface area contributed by atoms with Crippen molar-refractivity contribution < 1.29 is 22.7 Å². The molecule has 148 valence electrons. The maximum atomic E-state index is 12.8. The molecule has 1 N–H and O–H groups in total. The Kier molecular flexibility index (Phi) is 7.19. The molecule has 0 saturated carbocycles. The first-order chi connectivity index (χ1) is 12.9. The van der Waals surface area contributed by atoms with Gasteiger partial charge in [0, 0.05) is 38.6 Å². The molecule has 1 amide bonds. The van der Waals surface area contributed by atoms with Gasteiger partial charge in [0.25, 0.3) is 0 Å². The first kappa shape index (κ1) is 20.7. The minimum absolute atomic E-state index is 0.0558. The molecule has 1 aromatic carbocycles. The summed E-state index contributed by atoms with van der Waals surface area (Å²) in [6, 6.07) is 4.48. The second-order valence-corrected chi connectivity index (χ2v) is 7.80. The third-order valence-electron chi connectivity index (χ3n) is 3.90. The summed E-state index contributed by atoms with van der Waals surface area (Å²) in [4.78, 5) is 16.0. The van der Waals surface area contributed by atoms with E-state index in [9.17, 15) is 13.2 Å². The van der Waals surface area contributed by atoms with Crippen LogP contribution in [0.4, 0.5) is 0 Å². The van der Waals surface area contributed by atoms with Crippen molar-refractivity contribution in [3.8, 4) is 11.5 Å². The molecule has 10 heteroatoms. The number of hydrogen-bond acceptors (Lipinski definition) is 6. The molecule has 2 aromatic rings. The number of aryl methyl sites for hydroxylation is 1. The number of nitrogens with one attached hydrogen (secondary N) is 1. The first-order valence-corrected chi connectivity index (χ1v) is 9.73. The fourth-order valence-electron chi connectivity index (χ4n) is 2.41. The van der Waals surface area contributed by atoms with E-state index in [0.29, 0.717) is 18.7 Å². The van der Waals surface area contributed by atoms with Gasteiger partial charge in [-0.15, -0.1) is 0 Å². The van der Waals surface area contributed by atoms with Crippen molar-refractivity contribution in [2.24, 2.45) is 0 Å². The van der Waals surface area contributed by atoms with Crippen LogP contribution in [-0.4, -0.2) is 62.5 Å². The number of imidazole rings is 1. The van der Waals surface area contributed by atoms with Crippen molar-refractivity contribution in [3.05, 3.63) is 36.9 Å². The lowest BCUT2D eigenvalue weighted by Gasteiger charge is -2.19. The first-order valence-electron chi connectivity index (χ1n) is 8.29. The second kappa shape index (κ2) is 9.38. The predicted molar refractivity (Wildman–Crippen MR) is 99.2 cm³/mol. The fraction of sp³-hybridized carbons (Fsp3) is 0.412. The Morgan fingerprint density at radius 3 is 2.70 bits per heavy atom. The topological polar surface area (TPSA) is 103 Å². The van der Waals surface area contributed by atoms with Crippen molar-refractivity contribution in [3.63, 3.8) is 0 Å². The Balaban J connectivity index is 1.95. The summed E-state index contributed by atoms with van der Waals surface area (Å²) in [5.41, 5.74) is 0.